The maximum atomic E-state index is 14.2. The van der Waals surface area contributed by atoms with Crippen LogP contribution in [0.25, 0.3) is 0 Å². The lowest BCUT2D eigenvalue weighted by molar-refractivity contribution is -0.138. The Balaban J connectivity index is 1.31. The van der Waals surface area contributed by atoms with Gasteiger partial charge in [0.1, 0.15) is 12.2 Å². The summed E-state index contributed by atoms with van der Waals surface area (Å²) in [6.07, 6.45) is 2.44. The van der Waals surface area contributed by atoms with Crippen molar-refractivity contribution in [2.45, 2.75) is 76.2 Å². The first-order valence-electron chi connectivity index (χ1n) is 14.2. The Labute approximate surface area is 237 Å². The van der Waals surface area contributed by atoms with E-state index in [2.05, 4.69) is 28.5 Å². The molecule has 2 saturated carbocycles. The van der Waals surface area contributed by atoms with Gasteiger partial charge >= 0.3 is 6.18 Å². The van der Waals surface area contributed by atoms with Gasteiger partial charge in [-0.3, -0.25) is 4.79 Å². The summed E-state index contributed by atoms with van der Waals surface area (Å²) in [5.74, 6) is 0.855. The van der Waals surface area contributed by atoms with Crippen LogP contribution in [0.3, 0.4) is 0 Å². The van der Waals surface area contributed by atoms with E-state index in [-0.39, 0.29) is 41.6 Å². The van der Waals surface area contributed by atoms with Gasteiger partial charge < -0.3 is 14.8 Å². The van der Waals surface area contributed by atoms with Crippen molar-refractivity contribution in [1.82, 2.24) is 20.1 Å². The molecule has 0 unspecified atom stereocenters. The van der Waals surface area contributed by atoms with Crippen molar-refractivity contribution >= 4 is 11.6 Å². The first-order chi connectivity index (χ1) is 19.6. The molecule has 3 aromatic rings. The number of nitriles is 1. The number of amides is 1. The molecule has 2 aliphatic carbocycles. The molecule has 1 amide bonds. The highest BCUT2D eigenvalue weighted by molar-refractivity contribution is 6.10. The maximum absolute atomic E-state index is 14.2. The number of hydrogen-bond donors (Lipinski definition) is 1. The summed E-state index contributed by atoms with van der Waals surface area (Å²) in [6.45, 7) is 2.22. The zero-order chi connectivity index (χ0) is 28.9. The maximum Gasteiger partial charge on any atom is 0.416 e. The summed E-state index contributed by atoms with van der Waals surface area (Å²) in [4.78, 5) is 15.1. The van der Waals surface area contributed by atoms with Gasteiger partial charge in [-0.05, 0) is 91.8 Å². The number of halogens is 3. The molecule has 10 heteroatoms. The Morgan fingerprint density at radius 1 is 1.22 bits per heavy atom. The minimum absolute atomic E-state index is 0.0229. The fraction of sp³-hybridized carbons (Fsp3) is 0.484. The van der Waals surface area contributed by atoms with E-state index in [0.717, 1.165) is 43.5 Å². The number of nitrogens with zero attached hydrogens (tertiary/aromatic N) is 5. The molecule has 0 bridgehead atoms. The molecule has 0 spiro atoms. The lowest BCUT2D eigenvalue weighted by Crippen LogP contribution is -2.47. The molecule has 6 rings (SSSR count). The molecular formula is C31H33F3N6O. The first-order valence-corrected chi connectivity index (χ1v) is 14.2. The molecule has 0 radical (unpaired) electrons. The predicted octanol–water partition coefficient (Wildman–Crippen LogP) is 6.10. The van der Waals surface area contributed by atoms with Crippen LogP contribution in [0.1, 0.15) is 89.8 Å². The Morgan fingerprint density at radius 3 is 2.63 bits per heavy atom. The molecule has 2 aromatic carbocycles. The lowest BCUT2D eigenvalue weighted by atomic mass is 9.65. The standard InChI is InChI=1S/C31H33F3N6O/c1-30(8-4-9-30)36-16-20-13-24-25(26(14-20)31(32,33)34)17-40(29(24)41)23-6-3-5-21(15-23)27(28-38-37-18-39(28)2)22-11-19(12-22)7-10-35/h3,5-6,13-15,18-19,22,27,36H,4,7-9,11-12,16-17H2,1-2H3/t19?,22?,27-/m0/s1. The number of carbonyl (C=O) groups is 1. The number of aryl methyl sites for hydroxylation is 1. The fourth-order valence-electron chi connectivity index (χ4n) is 6.68. The molecule has 1 aliphatic heterocycles. The van der Waals surface area contributed by atoms with Crippen molar-refractivity contribution in [3.05, 3.63) is 76.4 Å². The van der Waals surface area contributed by atoms with E-state index in [0.29, 0.717) is 23.6 Å². The lowest BCUT2D eigenvalue weighted by Gasteiger charge is -2.39. The van der Waals surface area contributed by atoms with Crippen LogP contribution in [0.2, 0.25) is 0 Å². The zero-order valence-electron chi connectivity index (χ0n) is 23.2. The summed E-state index contributed by atoms with van der Waals surface area (Å²) in [6, 6.07) is 12.6. The smallest absolute Gasteiger partial charge is 0.320 e. The van der Waals surface area contributed by atoms with Crippen LogP contribution >= 0.6 is 0 Å². The fourth-order valence-corrected chi connectivity index (χ4v) is 6.68. The normalized spacial score (nSPS) is 22.0. The molecule has 1 N–H and O–H groups in total. The van der Waals surface area contributed by atoms with Crippen LogP contribution < -0.4 is 10.2 Å². The van der Waals surface area contributed by atoms with Crippen molar-refractivity contribution in [3.8, 4) is 6.07 Å². The third-order valence-corrected chi connectivity index (χ3v) is 9.27. The molecule has 1 aromatic heterocycles. The molecule has 3 aliphatic rings. The van der Waals surface area contributed by atoms with Crippen LogP contribution in [-0.2, 0) is 26.3 Å². The number of carbonyl (C=O) groups excluding carboxylic acids is 1. The Kier molecular flexibility index (Phi) is 6.89. The van der Waals surface area contributed by atoms with E-state index in [4.69, 9.17) is 5.26 Å². The number of anilines is 1. The van der Waals surface area contributed by atoms with Gasteiger partial charge in [-0.15, -0.1) is 10.2 Å². The molecule has 2 fully saturated rings. The van der Waals surface area contributed by atoms with E-state index in [9.17, 15) is 18.0 Å². The average Bonchev–Trinajstić information content (AvgIpc) is 3.47. The second-order valence-electron chi connectivity index (χ2n) is 12.2. The van der Waals surface area contributed by atoms with Gasteiger partial charge in [-0.2, -0.15) is 18.4 Å². The largest absolute Gasteiger partial charge is 0.416 e. The SMILES string of the molecule is Cn1cnnc1[C@@H](c1cccc(N2Cc3c(cc(CNC4(C)CCC4)cc3C(F)(F)F)C2=O)c1)C1CC(CC#N)C1. The van der Waals surface area contributed by atoms with E-state index in [1.54, 1.807) is 18.5 Å². The second kappa shape index (κ2) is 10.3. The van der Waals surface area contributed by atoms with Crippen LogP contribution in [-0.4, -0.2) is 26.2 Å². The van der Waals surface area contributed by atoms with E-state index >= 15 is 0 Å². The average molecular weight is 563 g/mol. The van der Waals surface area contributed by atoms with Gasteiger partial charge in [0.25, 0.3) is 5.91 Å². The van der Waals surface area contributed by atoms with Crippen molar-refractivity contribution in [3.63, 3.8) is 0 Å². The second-order valence-corrected chi connectivity index (χ2v) is 12.2. The predicted molar refractivity (Wildman–Crippen MR) is 147 cm³/mol. The van der Waals surface area contributed by atoms with Gasteiger partial charge in [0.15, 0.2) is 0 Å². The first kappa shape index (κ1) is 27.5. The van der Waals surface area contributed by atoms with Gasteiger partial charge in [0.2, 0.25) is 0 Å². The summed E-state index contributed by atoms with van der Waals surface area (Å²) < 4.78 is 44.6. The summed E-state index contributed by atoms with van der Waals surface area (Å²) in [5, 5.41) is 20.9. The summed E-state index contributed by atoms with van der Waals surface area (Å²) >= 11 is 0. The van der Waals surface area contributed by atoms with Crippen LogP contribution in [0, 0.1) is 23.2 Å². The van der Waals surface area contributed by atoms with Crippen molar-refractivity contribution in [2.24, 2.45) is 18.9 Å². The molecule has 2 heterocycles. The molecule has 0 saturated heterocycles. The summed E-state index contributed by atoms with van der Waals surface area (Å²) in [7, 11) is 1.88. The number of hydrogen-bond acceptors (Lipinski definition) is 5. The minimum Gasteiger partial charge on any atom is -0.320 e. The number of nitrogens with one attached hydrogen (secondary N) is 1. The Morgan fingerprint density at radius 2 is 2.00 bits per heavy atom. The van der Waals surface area contributed by atoms with Crippen LogP contribution in [0.4, 0.5) is 18.9 Å². The zero-order valence-corrected chi connectivity index (χ0v) is 23.2. The highest BCUT2D eigenvalue weighted by Crippen LogP contribution is 2.48. The number of rotatable bonds is 8. The third-order valence-electron chi connectivity index (χ3n) is 9.27. The van der Waals surface area contributed by atoms with Crippen LogP contribution in [0.5, 0.6) is 0 Å². The molecular weight excluding hydrogens is 529 g/mol. The highest BCUT2D eigenvalue weighted by atomic mass is 19.4. The quantitative estimate of drug-likeness (QED) is 0.359. The Bertz CT molecular complexity index is 1510. The number of benzene rings is 2. The summed E-state index contributed by atoms with van der Waals surface area (Å²) in [5.41, 5.74) is 1.27. The monoisotopic (exact) mass is 562 g/mol. The van der Waals surface area contributed by atoms with Gasteiger partial charge in [-0.25, -0.2) is 0 Å². The molecule has 7 nitrogen and oxygen atoms in total. The van der Waals surface area contributed by atoms with E-state index < -0.39 is 17.6 Å². The van der Waals surface area contributed by atoms with Gasteiger partial charge in [0, 0.05) is 42.7 Å². The molecule has 1 atom stereocenters. The van der Waals surface area contributed by atoms with Crippen molar-refractivity contribution in [1.29, 1.82) is 5.26 Å². The highest BCUT2D eigenvalue weighted by Gasteiger charge is 2.42. The van der Waals surface area contributed by atoms with Crippen molar-refractivity contribution in [2.75, 3.05) is 4.90 Å². The number of aromatic nitrogens is 3. The third kappa shape index (κ3) is 5.12. The van der Waals surface area contributed by atoms with E-state index in [1.807, 2.05) is 29.8 Å². The Hall–Kier alpha value is -3.71. The topological polar surface area (TPSA) is 86.8 Å². The number of alkyl halides is 3. The number of fused-ring (bicyclic) bond motifs is 1. The van der Waals surface area contributed by atoms with E-state index in [1.165, 1.54) is 11.0 Å². The van der Waals surface area contributed by atoms with Crippen LogP contribution in [0.15, 0.2) is 42.7 Å². The van der Waals surface area contributed by atoms with Gasteiger partial charge in [-0.1, -0.05) is 12.1 Å². The molecule has 41 heavy (non-hydrogen) atoms. The van der Waals surface area contributed by atoms with Crippen molar-refractivity contribution < 1.29 is 18.0 Å². The molecule has 214 valence electrons. The minimum atomic E-state index is -4.57. The van der Waals surface area contributed by atoms with Gasteiger partial charge in [0.05, 0.1) is 18.2 Å².